The van der Waals surface area contributed by atoms with Gasteiger partial charge < -0.3 is 38.4 Å². The number of amides is 1. The number of carbonyl (C=O) groups is 3. The van der Waals surface area contributed by atoms with Crippen LogP contribution in [0.5, 0.6) is 0 Å². The molecular weight excluding hydrogens is 850 g/mol. The Kier molecular flexibility index (Phi) is 17.1. The molecule has 22 heteroatoms. The molecule has 328 valence electrons. The number of ether oxygens (including phenoxy) is 5. The van der Waals surface area contributed by atoms with E-state index in [1.165, 1.54) is 52.2 Å². The molecule has 3 heterocycles. The van der Waals surface area contributed by atoms with Gasteiger partial charge in [-0.05, 0) is 56.0 Å². The highest BCUT2D eigenvalue weighted by Crippen LogP contribution is 2.42. The predicted molar refractivity (Wildman–Crippen MR) is 209 cm³/mol. The minimum atomic E-state index is -4.60. The summed E-state index contributed by atoms with van der Waals surface area (Å²) in [5.41, 5.74) is -1.68. The standard InChI is InChI=1S/C39H43F3N5O12PS/c1-26(61-31-20-54-37(55-21-31)5-3-2-4-29-7-6-28(18-43)16-33(29)41)39(22-47-24-44-23-45-47,32-9-8-30(40)17-34(32)42)59-38(50)57-25-56-36(49)11-10-35(48)46-14-12-27(13-15-46)19-58-60(51,52)53/h2-9,16-17,23-24,26-27,31,37H,10-15,19-22,25H2,1H3,(H2,51,52,53). The third-order valence-corrected chi connectivity index (χ3v) is 11.6. The Morgan fingerprint density at radius 3 is 2.48 bits per heavy atom. The number of phosphoric acid groups is 1. The number of phosphoric ester groups is 1. The maximum atomic E-state index is 15.7. The number of nitriles is 1. The van der Waals surface area contributed by atoms with E-state index >= 15 is 4.39 Å². The lowest BCUT2D eigenvalue weighted by molar-refractivity contribution is -0.157. The molecule has 2 N–H and O–H groups in total. The van der Waals surface area contributed by atoms with Crippen molar-refractivity contribution in [2.75, 3.05) is 39.7 Å². The van der Waals surface area contributed by atoms with Crippen LogP contribution in [0, 0.1) is 34.7 Å². The number of rotatable bonds is 18. The summed E-state index contributed by atoms with van der Waals surface area (Å²) in [5.74, 6) is -3.82. The van der Waals surface area contributed by atoms with E-state index in [4.69, 9.17) is 38.7 Å². The molecule has 2 unspecified atom stereocenters. The van der Waals surface area contributed by atoms with E-state index < -0.39 is 66.6 Å². The number of piperidine rings is 1. The maximum Gasteiger partial charge on any atom is 0.512 e. The summed E-state index contributed by atoms with van der Waals surface area (Å²) in [6, 6.07) is 8.76. The molecular formula is C39H43F3N5O12PS. The van der Waals surface area contributed by atoms with Crippen LogP contribution in [0.15, 0.2) is 67.3 Å². The average molecular weight is 894 g/mol. The van der Waals surface area contributed by atoms with E-state index in [-0.39, 0.29) is 67.7 Å². The number of hydrogen-bond acceptors (Lipinski definition) is 14. The lowest BCUT2D eigenvalue weighted by Crippen LogP contribution is -2.47. The van der Waals surface area contributed by atoms with Gasteiger partial charge in [0.2, 0.25) is 12.7 Å². The Hall–Kier alpha value is -5.07. The number of halogens is 3. The SMILES string of the molecule is CC(SC1COC(C=CC=Cc2ccc(C#N)cc2F)OC1)C(Cn1cncn1)(OC(=O)OCOC(=O)CCC(=O)N1CCC(COP(=O)(O)O)CC1)c1ccc(F)cc1F. The van der Waals surface area contributed by atoms with Gasteiger partial charge >= 0.3 is 19.9 Å². The average Bonchev–Trinajstić information content (AvgIpc) is 3.74. The highest BCUT2D eigenvalue weighted by Gasteiger charge is 2.47. The van der Waals surface area contributed by atoms with Crippen molar-refractivity contribution in [3.8, 4) is 6.07 Å². The summed E-state index contributed by atoms with van der Waals surface area (Å²) in [5, 5.41) is 11.8. The number of carbonyl (C=O) groups excluding carboxylic acids is 3. The second-order valence-electron chi connectivity index (χ2n) is 13.9. The maximum absolute atomic E-state index is 15.7. The Bertz CT molecular complexity index is 2120. The van der Waals surface area contributed by atoms with E-state index in [0.29, 0.717) is 32.0 Å². The van der Waals surface area contributed by atoms with Gasteiger partial charge in [0.25, 0.3) is 0 Å². The van der Waals surface area contributed by atoms with Gasteiger partial charge in [-0.3, -0.25) is 14.1 Å². The van der Waals surface area contributed by atoms with Crippen LogP contribution in [0.3, 0.4) is 0 Å². The fourth-order valence-corrected chi connectivity index (χ4v) is 8.20. The lowest BCUT2D eigenvalue weighted by Gasteiger charge is -2.40. The fourth-order valence-electron chi connectivity index (χ4n) is 6.44. The molecule has 2 aliphatic heterocycles. The van der Waals surface area contributed by atoms with E-state index in [1.54, 1.807) is 25.2 Å². The number of allylic oxidation sites excluding steroid dienone is 2. The predicted octanol–water partition coefficient (Wildman–Crippen LogP) is 5.38. The number of hydrogen-bond donors (Lipinski definition) is 2. The van der Waals surface area contributed by atoms with Crippen molar-refractivity contribution in [1.82, 2.24) is 19.7 Å². The zero-order valence-corrected chi connectivity index (χ0v) is 34.4. The Morgan fingerprint density at radius 2 is 1.82 bits per heavy atom. The van der Waals surface area contributed by atoms with Crippen molar-refractivity contribution >= 4 is 43.7 Å². The van der Waals surface area contributed by atoms with Crippen LogP contribution in [-0.4, -0.2) is 104 Å². The first-order valence-electron chi connectivity index (χ1n) is 18.8. The van der Waals surface area contributed by atoms with Crippen LogP contribution >= 0.6 is 19.6 Å². The van der Waals surface area contributed by atoms with Crippen molar-refractivity contribution in [2.24, 2.45) is 5.92 Å². The second-order valence-corrected chi connectivity index (χ2v) is 16.8. The smallest absolute Gasteiger partial charge is 0.428 e. The minimum Gasteiger partial charge on any atom is -0.428 e. The number of benzene rings is 2. The molecule has 0 saturated carbocycles. The molecule has 5 rings (SSSR count). The van der Waals surface area contributed by atoms with Crippen molar-refractivity contribution < 1.29 is 70.1 Å². The van der Waals surface area contributed by atoms with Crippen molar-refractivity contribution in [3.05, 3.63) is 101 Å². The van der Waals surface area contributed by atoms with E-state index in [1.807, 2.05) is 6.07 Å². The van der Waals surface area contributed by atoms with Gasteiger partial charge in [0.15, 0.2) is 11.9 Å². The first-order chi connectivity index (χ1) is 29.1. The van der Waals surface area contributed by atoms with Crippen LogP contribution in [0.4, 0.5) is 18.0 Å². The summed E-state index contributed by atoms with van der Waals surface area (Å²) in [4.78, 5) is 61.7. The van der Waals surface area contributed by atoms with Crippen LogP contribution in [-0.2, 0) is 54.5 Å². The second kappa shape index (κ2) is 22.1. The highest BCUT2D eigenvalue weighted by molar-refractivity contribution is 8.00. The van der Waals surface area contributed by atoms with Crippen molar-refractivity contribution in [3.63, 3.8) is 0 Å². The Labute approximate surface area is 352 Å². The van der Waals surface area contributed by atoms with Gasteiger partial charge in [0.05, 0.1) is 49.7 Å². The van der Waals surface area contributed by atoms with Gasteiger partial charge in [0, 0.05) is 42.0 Å². The zero-order chi connectivity index (χ0) is 44.0. The van der Waals surface area contributed by atoms with Gasteiger partial charge in [-0.15, -0.1) is 11.8 Å². The Morgan fingerprint density at radius 1 is 1.07 bits per heavy atom. The Balaban J connectivity index is 1.17. The summed E-state index contributed by atoms with van der Waals surface area (Å²) in [6.07, 6.45) is 7.07. The summed E-state index contributed by atoms with van der Waals surface area (Å²) < 4.78 is 88.6. The third kappa shape index (κ3) is 14.2. The van der Waals surface area contributed by atoms with Crippen molar-refractivity contribution in [1.29, 1.82) is 5.26 Å². The molecule has 3 aromatic rings. The van der Waals surface area contributed by atoms with Crippen LogP contribution in [0.25, 0.3) is 6.08 Å². The van der Waals surface area contributed by atoms with E-state index in [9.17, 15) is 27.7 Å². The molecule has 0 aliphatic carbocycles. The molecule has 0 bridgehead atoms. The van der Waals surface area contributed by atoms with E-state index in [0.717, 1.165) is 18.2 Å². The topological polar surface area (TPSA) is 222 Å². The summed E-state index contributed by atoms with van der Waals surface area (Å²) in [6.45, 7) is 1.16. The first-order valence-corrected chi connectivity index (χ1v) is 21.3. The molecule has 61 heavy (non-hydrogen) atoms. The monoisotopic (exact) mass is 893 g/mol. The first kappa shape index (κ1) is 47.0. The number of nitrogens with zero attached hydrogens (tertiary/aromatic N) is 5. The van der Waals surface area contributed by atoms with Gasteiger partial charge in [-0.25, -0.2) is 32.2 Å². The molecule has 2 atom stereocenters. The zero-order valence-electron chi connectivity index (χ0n) is 32.7. The third-order valence-electron chi connectivity index (χ3n) is 9.63. The number of thioether (sulfide) groups is 1. The van der Waals surface area contributed by atoms with Crippen LogP contribution < -0.4 is 0 Å². The van der Waals surface area contributed by atoms with E-state index in [2.05, 4.69) is 14.6 Å². The molecule has 0 spiro atoms. The minimum absolute atomic E-state index is 0.138. The molecule has 2 aromatic carbocycles. The summed E-state index contributed by atoms with van der Waals surface area (Å²) >= 11 is 1.22. The molecule has 2 aliphatic rings. The molecule has 2 fully saturated rings. The fraction of sp³-hybridized carbons (Fsp3) is 0.436. The van der Waals surface area contributed by atoms with Gasteiger partial charge in [0.1, 0.15) is 30.1 Å². The quantitative estimate of drug-likeness (QED) is 0.0708. The lowest BCUT2D eigenvalue weighted by atomic mass is 9.89. The number of esters is 1. The van der Waals surface area contributed by atoms with Gasteiger partial charge in [-0.2, -0.15) is 10.4 Å². The van der Waals surface area contributed by atoms with Gasteiger partial charge in [-0.1, -0.05) is 24.3 Å². The summed E-state index contributed by atoms with van der Waals surface area (Å²) in [7, 11) is -4.60. The molecule has 1 amide bonds. The van der Waals surface area contributed by atoms with Crippen molar-refractivity contribution in [2.45, 2.75) is 61.5 Å². The van der Waals surface area contributed by atoms with Crippen LogP contribution in [0.1, 0.15) is 49.3 Å². The molecule has 17 nitrogen and oxygen atoms in total. The number of aromatic nitrogens is 3. The normalized spacial score (nSPS) is 19.0. The van der Waals surface area contributed by atoms with Crippen LogP contribution in [0.2, 0.25) is 0 Å². The highest BCUT2D eigenvalue weighted by atomic mass is 32.2. The number of likely N-dealkylation sites (tertiary alicyclic amines) is 1. The molecule has 2 saturated heterocycles. The largest absolute Gasteiger partial charge is 0.512 e. The molecule has 0 radical (unpaired) electrons. The molecule has 1 aromatic heterocycles.